The van der Waals surface area contributed by atoms with E-state index in [1.54, 1.807) is 13.8 Å². The largest absolute Gasteiger partial charge is 0.444 e. The summed E-state index contributed by atoms with van der Waals surface area (Å²) in [5.74, 6) is 0.147. The van der Waals surface area contributed by atoms with Crippen LogP contribution < -0.4 is 4.72 Å². The van der Waals surface area contributed by atoms with E-state index >= 15 is 0 Å². The monoisotopic (exact) mass is 314 g/mol. The fraction of sp³-hybridized carbons (Fsp3) is 0.308. The van der Waals surface area contributed by atoms with Gasteiger partial charge in [-0.1, -0.05) is 0 Å². The van der Waals surface area contributed by atoms with Crippen molar-refractivity contribution in [3.63, 3.8) is 0 Å². The number of rotatable bonds is 5. The Kier molecular flexibility index (Phi) is 4.40. The maximum Gasteiger partial charge on any atom is 0.241 e. The van der Waals surface area contributed by atoms with Crippen LogP contribution in [0, 0.1) is 12.7 Å². The summed E-state index contributed by atoms with van der Waals surface area (Å²) in [5.41, 5.74) is -0.0857. The lowest BCUT2D eigenvalue weighted by Crippen LogP contribution is -2.27. The molecule has 0 amide bonds. The van der Waals surface area contributed by atoms with E-state index in [4.69, 9.17) is 9.52 Å². The highest BCUT2D eigenvalue weighted by Crippen LogP contribution is 2.19. The Morgan fingerprint density at radius 3 is 2.76 bits per heavy atom. The SMILES string of the molecule is Cc1cnc(C(C)NS(=O)(=O)c2ccc(F)c(CO)c2)o1. The van der Waals surface area contributed by atoms with Crippen LogP contribution in [0.1, 0.15) is 30.2 Å². The molecule has 1 atom stereocenters. The van der Waals surface area contributed by atoms with Gasteiger partial charge in [-0.15, -0.1) is 0 Å². The van der Waals surface area contributed by atoms with Crippen LogP contribution in [0.15, 0.2) is 33.7 Å². The van der Waals surface area contributed by atoms with Crippen molar-refractivity contribution >= 4 is 10.0 Å². The Labute approximate surface area is 121 Å². The normalized spacial score (nSPS) is 13.3. The van der Waals surface area contributed by atoms with Crippen LogP contribution in [-0.4, -0.2) is 18.5 Å². The van der Waals surface area contributed by atoms with Crippen LogP contribution in [0.2, 0.25) is 0 Å². The number of hydrogen-bond acceptors (Lipinski definition) is 5. The minimum atomic E-state index is -3.88. The zero-order valence-electron chi connectivity index (χ0n) is 11.5. The Hall–Kier alpha value is -1.77. The molecule has 114 valence electrons. The first-order chi connectivity index (χ1) is 9.83. The fourth-order valence-corrected chi connectivity index (χ4v) is 3.01. The van der Waals surface area contributed by atoms with Crippen LogP contribution in [-0.2, 0) is 16.6 Å². The first-order valence-electron chi connectivity index (χ1n) is 6.17. The minimum absolute atomic E-state index is 0.0857. The number of nitrogens with one attached hydrogen (secondary N) is 1. The summed E-state index contributed by atoms with van der Waals surface area (Å²) in [6, 6.07) is 2.54. The molecule has 0 aliphatic carbocycles. The molecule has 2 N–H and O–H groups in total. The molecule has 0 spiro atoms. The number of aliphatic hydroxyl groups excluding tert-OH is 1. The maximum absolute atomic E-state index is 13.3. The third-order valence-electron chi connectivity index (χ3n) is 2.84. The highest BCUT2D eigenvalue weighted by atomic mass is 32.2. The highest BCUT2D eigenvalue weighted by Gasteiger charge is 2.22. The Balaban J connectivity index is 2.26. The molecule has 1 unspecified atom stereocenters. The van der Waals surface area contributed by atoms with Crippen molar-refractivity contribution in [2.24, 2.45) is 0 Å². The van der Waals surface area contributed by atoms with E-state index in [9.17, 15) is 12.8 Å². The number of aliphatic hydroxyl groups is 1. The van der Waals surface area contributed by atoms with Crippen molar-refractivity contribution in [2.75, 3.05) is 0 Å². The number of halogens is 1. The summed E-state index contributed by atoms with van der Waals surface area (Å²) in [6.07, 6.45) is 1.49. The number of benzene rings is 1. The lowest BCUT2D eigenvalue weighted by molar-refractivity contribution is 0.275. The van der Waals surface area contributed by atoms with Crippen molar-refractivity contribution in [1.29, 1.82) is 0 Å². The van der Waals surface area contributed by atoms with Crippen LogP contribution in [0.4, 0.5) is 4.39 Å². The van der Waals surface area contributed by atoms with Crippen LogP contribution >= 0.6 is 0 Å². The van der Waals surface area contributed by atoms with E-state index in [2.05, 4.69) is 9.71 Å². The summed E-state index contributed by atoms with van der Waals surface area (Å²) in [6.45, 7) is 2.70. The summed E-state index contributed by atoms with van der Waals surface area (Å²) < 4.78 is 45.4. The molecule has 0 bridgehead atoms. The van der Waals surface area contributed by atoms with Gasteiger partial charge in [-0.2, -0.15) is 4.72 Å². The molecule has 0 saturated heterocycles. The molecule has 21 heavy (non-hydrogen) atoms. The van der Waals surface area contributed by atoms with Gasteiger partial charge < -0.3 is 9.52 Å². The Bertz CT molecular complexity index is 742. The predicted octanol–water partition coefficient (Wildman–Crippen LogP) is 1.65. The molecule has 0 fully saturated rings. The Morgan fingerprint density at radius 2 is 2.19 bits per heavy atom. The van der Waals surface area contributed by atoms with Gasteiger partial charge in [-0.25, -0.2) is 17.8 Å². The predicted molar refractivity (Wildman–Crippen MR) is 72.3 cm³/mol. The molecule has 8 heteroatoms. The quantitative estimate of drug-likeness (QED) is 0.875. The van der Waals surface area contributed by atoms with Gasteiger partial charge in [0, 0.05) is 5.56 Å². The van der Waals surface area contributed by atoms with Gasteiger partial charge in [-0.05, 0) is 32.0 Å². The number of hydrogen-bond donors (Lipinski definition) is 2. The fourth-order valence-electron chi connectivity index (χ4n) is 1.76. The molecule has 6 nitrogen and oxygen atoms in total. The molecule has 1 aromatic carbocycles. The first kappa shape index (κ1) is 15.6. The molecule has 1 heterocycles. The number of aromatic nitrogens is 1. The van der Waals surface area contributed by atoms with Gasteiger partial charge in [0.1, 0.15) is 11.6 Å². The molecule has 0 aliphatic heterocycles. The molecular formula is C13H15FN2O4S. The standard InChI is InChI=1S/C13H15FN2O4S/c1-8-6-15-13(20-8)9(2)16-21(18,19)11-3-4-12(14)10(5-11)7-17/h3-6,9,16-17H,7H2,1-2H3. The van der Waals surface area contributed by atoms with E-state index in [0.717, 1.165) is 18.2 Å². The maximum atomic E-state index is 13.3. The molecule has 2 aromatic rings. The highest BCUT2D eigenvalue weighted by molar-refractivity contribution is 7.89. The molecule has 0 saturated carbocycles. The smallest absolute Gasteiger partial charge is 0.241 e. The average Bonchev–Trinajstić information content (AvgIpc) is 2.85. The molecule has 2 rings (SSSR count). The number of nitrogens with zero attached hydrogens (tertiary/aromatic N) is 1. The van der Waals surface area contributed by atoms with Gasteiger partial charge in [0.25, 0.3) is 0 Å². The third kappa shape index (κ3) is 3.46. The second kappa shape index (κ2) is 5.92. The zero-order chi connectivity index (χ0) is 15.6. The van der Waals surface area contributed by atoms with Crippen molar-refractivity contribution in [1.82, 2.24) is 9.71 Å². The van der Waals surface area contributed by atoms with E-state index < -0.39 is 28.5 Å². The molecule has 0 radical (unpaired) electrons. The summed E-state index contributed by atoms with van der Waals surface area (Å²) in [4.78, 5) is 3.81. The topological polar surface area (TPSA) is 92.4 Å². The summed E-state index contributed by atoms with van der Waals surface area (Å²) >= 11 is 0. The van der Waals surface area contributed by atoms with Crippen molar-refractivity contribution in [2.45, 2.75) is 31.4 Å². The second-order valence-corrected chi connectivity index (χ2v) is 6.28. The lowest BCUT2D eigenvalue weighted by atomic mass is 10.2. The minimum Gasteiger partial charge on any atom is -0.444 e. The average molecular weight is 314 g/mol. The lowest BCUT2D eigenvalue weighted by Gasteiger charge is -2.12. The van der Waals surface area contributed by atoms with E-state index in [1.165, 1.54) is 6.20 Å². The molecule has 1 aromatic heterocycles. The van der Waals surface area contributed by atoms with Gasteiger partial charge in [0.2, 0.25) is 15.9 Å². The zero-order valence-corrected chi connectivity index (χ0v) is 12.3. The van der Waals surface area contributed by atoms with Gasteiger partial charge in [0.15, 0.2) is 0 Å². The van der Waals surface area contributed by atoms with Crippen molar-refractivity contribution in [3.8, 4) is 0 Å². The second-order valence-electron chi connectivity index (χ2n) is 4.56. The van der Waals surface area contributed by atoms with Crippen molar-refractivity contribution < 1.29 is 22.3 Å². The van der Waals surface area contributed by atoms with Gasteiger partial charge >= 0.3 is 0 Å². The van der Waals surface area contributed by atoms with Crippen LogP contribution in [0.5, 0.6) is 0 Å². The van der Waals surface area contributed by atoms with Crippen LogP contribution in [0.25, 0.3) is 0 Å². The van der Waals surface area contributed by atoms with Gasteiger partial charge in [-0.3, -0.25) is 0 Å². The summed E-state index contributed by atoms with van der Waals surface area (Å²) in [5, 5.41) is 8.99. The van der Waals surface area contributed by atoms with E-state index in [0.29, 0.717) is 5.76 Å². The summed E-state index contributed by atoms with van der Waals surface area (Å²) in [7, 11) is -3.88. The van der Waals surface area contributed by atoms with Gasteiger partial charge in [0.05, 0.1) is 23.7 Å². The van der Waals surface area contributed by atoms with E-state index in [-0.39, 0.29) is 16.3 Å². The first-order valence-corrected chi connectivity index (χ1v) is 7.65. The number of aryl methyl sites for hydroxylation is 1. The van der Waals surface area contributed by atoms with E-state index in [1.807, 2.05) is 0 Å². The molecule has 0 aliphatic rings. The van der Waals surface area contributed by atoms with Crippen molar-refractivity contribution in [3.05, 3.63) is 47.4 Å². The third-order valence-corrected chi connectivity index (χ3v) is 4.38. The van der Waals surface area contributed by atoms with Crippen LogP contribution in [0.3, 0.4) is 0 Å². The Morgan fingerprint density at radius 1 is 1.48 bits per heavy atom. The molecular weight excluding hydrogens is 299 g/mol. The number of oxazole rings is 1. The number of sulfonamides is 1.